The lowest BCUT2D eigenvalue weighted by Crippen LogP contribution is -2.21. The third kappa shape index (κ3) is 2.56. The van der Waals surface area contributed by atoms with Gasteiger partial charge in [-0.3, -0.25) is 4.79 Å². The zero-order valence-corrected chi connectivity index (χ0v) is 8.61. The molecule has 1 rings (SSSR count). The Hall–Kier alpha value is -1.37. The first-order valence-corrected chi connectivity index (χ1v) is 5.08. The van der Waals surface area contributed by atoms with Crippen LogP contribution in [0.3, 0.4) is 0 Å². The standard InChI is InChI=1S/C7H10N4O2S/c1-5(4-12)7(13)8-6-3-11(14-2)10-9-6/h3-5H,1-2H3,(H,8,13). The van der Waals surface area contributed by atoms with Crippen molar-refractivity contribution >= 4 is 30.0 Å². The molecule has 0 aromatic carbocycles. The maximum absolute atomic E-state index is 11.2. The third-order valence-corrected chi connectivity index (χ3v) is 2.08. The van der Waals surface area contributed by atoms with Crippen molar-refractivity contribution in [2.24, 2.45) is 5.92 Å². The second-order valence-electron chi connectivity index (χ2n) is 2.60. The summed E-state index contributed by atoms with van der Waals surface area (Å²) in [6.45, 7) is 1.52. The van der Waals surface area contributed by atoms with Crippen LogP contribution in [0.2, 0.25) is 0 Å². The van der Waals surface area contributed by atoms with Crippen molar-refractivity contribution < 1.29 is 9.59 Å². The fourth-order valence-electron chi connectivity index (χ4n) is 0.697. The van der Waals surface area contributed by atoms with Crippen molar-refractivity contribution in [2.45, 2.75) is 6.92 Å². The van der Waals surface area contributed by atoms with Gasteiger partial charge in [0.2, 0.25) is 5.91 Å². The maximum atomic E-state index is 11.2. The van der Waals surface area contributed by atoms with E-state index in [1.807, 2.05) is 6.26 Å². The first-order valence-electron chi connectivity index (χ1n) is 3.90. The number of aromatic nitrogens is 3. The molecule has 1 unspecified atom stereocenters. The highest BCUT2D eigenvalue weighted by Crippen LogP contribution is 2.06. The molecule has 7 heteroatoms. The highest BCUT2D eigenvalue weighted by molar-refractivity contribution is 7.97. The van der Waals surface area contributed by atoms with Gasteiger partial charge in [0.15, 0.2) is 5.82 Å². The number of anilines is 1. The van der Waals surface area contributed by atoms with E-state index < -0.39 is 5.92 Å². The van der Waals surface area contributed by atoms with Crippen LogP contribution in [-0.4, -0.2) is 32.8 Å². The molecule has 0 saturated heterocycles. The molecule has 0 aliphatic rings. The van der Waals surface area contributed by atoms with Crippen molar-refractivity contribution in [3.05, 3.63) is 6.20 Å². The topological polar surface area (TPSA) is 76.9 Å². The Balaban J connectivity index is 2.60. The first kappa shape index (κ1) is 10.7. The highest BCUT2D eigenvalue weighted by Gasteiger charge is 2.12. The number of rotatable bonds is 4. The van der Waals surface area contributed by atoms with Gasteiger partial charge < -0.3 is 10.1 Å². The van der Waals surface area contributed by atoms with Crippen molar-refractivity contribution in [1.82, 2.24) is 14.4 Å². The summed E-state index contributed by atoms with van der Waals surface area (Å²) in [6, 6.07) is 0. The largest absolute Gasteiger partial charge is 0.307 e. The Labute approximate surface area is 85.2 Å². The quantitative estimate of drug-likeness (QED) is 0.571. The van der Waals surface area contributed by atoms with Crippen LogP contribution in [0.25, 0.3) is 0 Å². The summed E-state index contributed by atoms with van der Waals surface area (Å²) in [5, 5.41) is 9.86. The number of nitrogens with one attached hydrogen (secondary N) is 1. The van der Waals surface area contributed by atoms with Gasteiger partial charge in [-0.25, -0.2) is 0 Å². The van der Waals surface area contributed by atoms with E-state index in [0.717, 1.165) is 0 Å². The molecule has 0 saturated carbocycles. The van der Waals surface area contributed by atoms with Gasteiger partial charge in [-0.05, 0) is 18.9 Å². The van der Waals surface area contributed by atoms with Gasteiger partial charge in [0, 0.05) is 6.26 Å². The maximum Gasteiger partial charge on any atom is 0.235 e. The molecule has 0 bridgehead atoms. The molecule has 6 nitrogen and oxygen atoms in total. The van der Waals surface area contributed by atoms with Crippen LogP contribution in [-0.2, 0) is 9.59 Å². The van der Waals surface area contributed by atoms with Crippen LogP contribution in [0.4, 0.5) is 5.82 Å². The SMILES string of the molecule is CSn1cc(NC(=O)C(C)C=O)nn1. The zero-order chi connectivity index (χ0) is 10.6. The summed E-state index contributed by atoms with van der Waals surface area (Å²) in [5.74, 6) is -0.708. The van der Waals surface area contributed by atoms with E-state index in [-0.39, 0.29) is 5.91 Å². The lowest BCUT2D eigenvalue weighted by atomic mass is 10.2. The zero-order valence-electron chi connectivity index (χ0n) is 7.80. The molecule has 1 aromatic heterocycles. The first-order chi connectivity index (χ1) is 6.67. The second-order valence-corrected chi connectivity index (χ2v) is 3.34. The lowest BCUT2D eigenvalue weighted by molar-refractivity contribution is -0.124. The molecule has 0 fully saturated rings. The molecule has 0 aliphatic carbocycles. The smallest absolute Gasteiger partial charge is 0.235 e. The second kappa shape index (κ2) is 4.75. The van der Waals surface area contributed by atoms with Crippen molar-refractivity contribution in [1.29, 1.82) is 0 Å². The van der Waals surface area contributed by atoms with Crippen LogP contribution < -0.4 is 5.32 Å². The normalized spacial score (nSPS) is 12.1. The summed E-state index contributed by atoms with van der Waals surface area (Å²) in [5.41, 5.74) is 0. The highest BCUT2D eigenvalue weighted by atomic mass is 32.2. The van der Waals surface area contributed by atoms with Crippen LogP contribution in [0.5, 0.6) is 0 Å². The molecular formula is C7H10N4O2S. The average Bonchev–Trinajstić information content (AvgIpc) is 2.64. The minimum atomic E-state index is -0.672. The number of hydrogen-bond donors (Lipinski definition) is 1. The summed E-state index contributed by atoms with van der Waals surface area (Å²) < 4.78 is 1.50. The predicted molar refractivity (Wildman–Crippen MR) is 52.8 cm³/mol. The van der Waals surface area contributed by atoms with Crippen LogP contribution >= 0.6 is 11.9 Å². The Morgan fingerprint density at radius 2 is 2.50 bits per heavy atom. The van der Waals surface area contributed by atoms with Crippen molar-refractivity contribution in [2.75, 3.05) is 11.6 Å². The van der Waals surface area contributed by atoms with Crippen LogP contribution in [0.1, 0.15) is 6.92 Å². The summed E-state index contributed by atoms with van der Waals surface area (Å²) in [4.78, 5) is 21.5. The molecule has 1 heterocycles. The Morgan fingerprint density at radius 1 is 1.79 bits per heavy atom. The fourth-order valence-corrected chi connectivity index (χ4v) is 1.01. The number of hydrogen-bond acceptors (Lipinski definition) is 5. The molecule has 1 aromatic rings. The van der Waals surface area contributed by atoms with Gasteiger partial charge in [0.25, 0.3) is 0 Å². The Kier molecular flexibility index (Phi) is 3.63. The van der Waals surface area contributed by atoms with E-state index in [0.29, 0.717) is 12.1 Å². The van der Waals surface area contributed by atoms with Crippen molar-refractivity contribution in [3.63, 3.8) is 0 Å². The molecule has 1 N–H and O–H groups in total. The average molecular weight is 214 g/mol. The molecule has 1 amide bonds. The van der Waals surface area contributed by atoms with Gasteiger partial charge in [-0.15, -0.1) is 5.10 Å². The van der Waals surface area contributed by atoms with Crippen molar-refractivity contribution in [3.8, 4) is 0 Å². The summed E-state index contributed by atoms with van der Waals surface area (Å²) in [6.07, 6.45) is 3.97. The molecule has 0 aliphatic heterocycles. The Morgan fingerprint density at radius 3 is 3.00 bits per heavy atom. The van der Waals surface area contributed by atoms with E-state index in [1.165, 1.54) is 23.0 Å². The van der Waals surface area contributed by atoms with Gasteiger partial charge in [0.1, 0.15) is 6.29 Å². The minimum Gasteiger partial charge on any atom is -0.307 e. The number of amides is 1. The van der Waals surface area contributed by atoms with Gasteiger partial charge in [-0.2, -0.15) is 4.09 Å². The molecule has 76 valence electrons. The number of aldehydes is 1. The monoisotopic (exact) mass is 214 g/mol. The molecule has 0 radical (unpaired) electrons. The predicted octanol–water partition coefficient (Wildman–Crippen LogP) is 0.178. The van der Waals surface area contributed by atoms with E-state index in [9.17, 15) is 9.59 Å². The number of carbonyl (C=O) groups excluding carboxylic acids is 2. The number of nitrogens with zero attached hydrogens (tertiary/aromatic N) is 3. The van der Waals surface area contributed by atoms with E-state index in [2.05, 4.69) is 15.6 Å². The summed E-state index contributed by atoms with van der Waals surface area (Å²) in [7, 11) is 0. The number of carbonyl (C=O) groups is 2. The molecule has 14 heavy (non-hydrogen) atoms. The van der Waals surface area contributed by atoms with Gasteiger partial charge >= 0.3 is 0 Å². The van der Waals surface area contributed by atoms with E-state index in [4.69, 9.17) is 0 Å². The fraction of sp³-hybridized carbons (Fsp3) is 0.429. The molecule has 0 spiro atoms. The molecule has 1 atom stereocenters. The minimum absolute atomic E-state index is 0.345. The van der Waals surface area contributed by atoms with Gasteiger partial charge in [-0.1, -0.05) is 5.21 Å². The lowest BCUT2D eigenvalue weighted by Gasteiger charge is -2.01. The van der Waals surface area contributed by atoms with E-state index in [1.54, 1.807) is 6.20 Å². The van der Waals surface area contributed by atoms with Gasteiger partial charge in [0.05, 0.1) is 12.1 Å². The molecular weight excluding hydrogens is 204 g/mol. The van der Waals surface area contributed by atoms with Crippen LogP contribution in [0.15, 0.2) is 6.20 Å². The Bertz CT molecular complexity index is 338. The third-order valence-electron chi connectivity index (χ3n) is 1.53. The van der Waals surface area contributed by atoms with E-state index >= 15 is 0 Å². The summed E-state index contributed by atoms with van der Waals surface area (Å²) >= 11 is 1.35. The van der Waals surface area contributed by atoms with Crippen LogP contribution in [0, 0.1) is 5.92 Å².